The van der Waals surface area contributed by atoms with Crippen LogP contribution in [-0.2, 0) is 0 Å². The molecule has 2 aromatic carbocycles. The van der Waals surface area contributed by atoms with Crippen molar-refractivity contribution in [2.45, 2.75) is 31.2 Å². The number of hydrogen-bond donors (Lipinski definition) is 2. The van der Waals surface area contributed by atoms with E-state index >= 15 is 0 Å². The van der Waals surface area contributed by atoms with E-state index in [0.29, 0.717) is 12.0 Å². The van der Waals surface area contributed by atoms with Crippen molar-refractivity contribution in [1.29, 1.82) is 0 Å². The average molecular weight is 348 g/mol. The number of hydrogen-bond acceptors (Lipinski definition) is 3. The van der Waals surface area contributed by atoms with E-state index in [9.17, 15) is 13.2 Å². The number of halogens is 3. The van der Waals surface area contributed by atoms with Crippen LogP contribution in [0.3, 0.4) is 0 Å². The molecule has 1 saturated heterocycles. The first-order valence-corrected chi connectivity index (χ1v) is 8.47. The Bertz CT molecular complexity index is 776. The molecule has 0 amide bonds. The highest BCUT2D eigenvalue weighted by molar-refractivity contribution is 5.78. The van der Waals surface area contributed by atoms with E-state index in [1.165, 1.54) is 17.7 Å². The Morgan fingerprint density at radius 1 is 1.00 bits per heavy atom. The van der Waals surface area contributed by atoms with E-state index in [1.807, 2.05) is 18.2 Å². The van der Waals surface area contributed by atoms with Crippen LogP contribution in [0.2, 0.25) is 0 Å². The summed E-state index contributed by atoms with van der Waals surface area (Å²) < 4.78 is 41.7. The van der Waals surface area contributed by atoms with Crippen molar-refractivity contribution in [3.05, 3.63) is 48.0 Å². The molecule has 4 rings (SSSR count). The molecule has 0 bridgehead atoms. The zero-order chi connectivity index (χ0) is 17.4. The molecule has 2 atom stereocenters. The number of fused-ring (bicyclic) bond motifs is 3. The molecule has 6 heteroatoms. The fourth-order valence-electron chi connectivity index (χ4n) is 3.96. The van der Waals surface area contributed by atoms with Gasteiger partial charge in [-0.05, 0) is 60.8 Å². The molecule has 2 aromatic rings. The second-order valence-corrected chi connectivity index (χ2v) is 6.53. The molecule has 2 heterocycles. The monoisotopic (exact) mass is 348 g/mol. The molecule has 0 spiro atoms. The van der Waals surface area contributed by atoms with E-state index in [2.05, 4.69) is 21.4 Å². The van der Waals surface area contributed by atoms with E-state index in [4.69, 9.17) is 0 Å². The molecular weight excluding hydrogens is 329 g/mol. The largest absolute Gasteiger partial charge is 0.573 e. The maximum Gasteiger partial charge on any atom is 0.573 e. The van der Waals surface area contributed by atoms with Gasteiger partial charge < -0.3 is 15.4 Å². The molecule has 0 radical (unpaired) electrons. The molecule has 3 nitrogen and oxygen atoms in total. The van der Waals surface area contributed by atoms with E-state index < -0.39 is 6.36 Å². The lowest BCUT2D eigenvalue weighted by atomic mass is 9.86. The molecule has 2 aliphatic rings. The highest BCUT2D eigenvalue weighted by Crippen LogP contribution is 2.45. The maximum atomic E-state index is 12.5. The second-order valence-electron chi connectivity index (χ2n) is 6.53. The van der Waals surface area contributed by atoms with Gasteiger partial charge >= 0.3 is 6.36 Å². The minimum atomic E-state index is -4.68. The van der Waals surface area contributed by atoms with Crippen LogP contribution in [0.5, 0.6) is 5.75 Å². The van der Waals surface area contributed by atoms with Gasteiger partial charge in [0.05, 0.1) is 0 Å². The van der Waals surface area contributed by atoms with Crippen LogP contribution in [0, 0.1) is 0 Å². The quantitative estimate of drug-likeness (QED) is 0.838. The smallest absolute Gasteiger partial charge is 0.406 e. The summed E-state index contributed by atoms with van der Waals surface area (Å²) in [7, 11) is 0. The van der Waals surface area contributed by atoms with Crippen LogP contribution in [0.4, 0.5) is 18.9 Å². The van der Waals surface area contributed by atoms with Crippen LogP contribution in [-0.4, -0.2) is 25.5 Å². The summed E-state index contributed by atoms with van der Waals surface area (Å²) in [6.45, 7) is 1.93. The molecule has 0 unspecified atom stereocenters. The molecule has 2 N–H and O–H groups in total. The summed E-state index contributed by atoms with van der Waals surface area (Å²) in [6.07, 6.45) is -2.63. The minimum absolute atomic E-state index is 0.187. The van der Waals surface area contributed by atoms with Crippen LogP contribution in [0.15, 0.2) is 42.5 Å². The summed E-state index contributed by atoms with van der Waals surface area (Å²) in [5.74, 6) is 0.182. The number of alkyl halides is 3. The van der Waals surface area contributed by atoms with Gasteiger partial charge in [0.2, 0.25) is 0 Å². The van der Waals surface area contributed by atoms with Crippen molar-refractivity contribution in [2.75, 3.05) is 18.4 Å². The number of nitrogens with one attached hydrogen (secondary N) is 2. The Labute approximate surface area is 144 Å². The van der Waals surface area contributed by atoms with E-state index in [-0.39, 0.29) is 5.75 Å². The van der Waals surface area contributed by atoms with Crippen LogP contribution >= 0.6 is 0 Å². The van der Waals surface area contributed by atoms with Crippen molar-refractivity contribution < 1.29 is 17.9 Å². The summed E-state index contributed by atoms with van der Waals surface area (Å²) in [5, 5.41) is 7.00. The number of benzene rings is 2. The van der Waals surface area contributed by atoms with Crippen molar-refractivity contribution >= 4 is 5.69 Å². The van der Waals surface area contributed by atoms with Crippen LogP contribution in [0.1, 0.15) is 24.3 Å². The minimum Gasteiger partial charge on any atom is -0.406 e. The van der Waals surface area contributed by atoms with Gasteiger partial charge in [-0.2, -0.15) is 0 Å². The molecule has 25 heavy (non-hydrogen) atoms. The van der Waals surface area contributed by atoms with Gasteiger partial charge in [0.25, 0.3) is 0 Å². The Kier molecular flexibility index (Phi) is 4.07. The van der Waals surface area contributed by atoms with Gasteiger partial charge in [0.15, 0.2) is 0 Å². The molecule has 132 valence electrons. The van der Waals surface area contributed by atoms with Gasteiger partial charge in [0.1, 0.15) is 5.75 Å². The number of rotatable bonds is 2. The lowest BCUT2D eigenvalue weighted by Crippen LogP contribution is -2.21. The van der Waals surface area contributed by atoms with Gasteiger partial charge in [-0.15, -0.1) is 13.2 Å². The van der Waals surface area contributed by atoms with Crippen molar-refractivity contribution in [1.82, 2.24) is 5.32 Å². The zero-order valence-corrected chi connectivity index (χ0v) is 13.6. The molecule has 0 aromatic heterocycles. The fraction of sp³-hybridized carbons (Fsp3) is 0.368. The maximum absolute atomic E-state index is 12.5. The predicted molar refractivity (Wildman–Crippen MR) is 90.8 cm³/mol. The molecule has 1 fully saturated rings. The first-order chi connectivity index (χ1) is 12.0. The first kappa shape index (κ1) is 16.3. The lowest BCUT2D eigenvalue weighted by Gasteiger charge is -2.18. The average Bonchev–Trinajstić information content (AvgIpc) is 2.75. The molecule has 2 aliphatic heterocycles. The summed E-state index contributed by atoms with van der Waals surface area (Å²) in [6, 6.07) is 12.6. The third-order valence-electron chi connectivity index (χ3n) is 4.95. The van der Waals surface area contributed by atoms with Crippen molar-refractivity contribution in [2.24, 2.45) is 0 Å². The van der Waals surface area contributed by atoms with Crippen molar-refractivity contribution in [3.8, 4) is 16.9 Å². The molecule has 0 saturated carbocycles. The molecular formula is C19H19F3N2O. The number of anilines is 1. The molecule has 0 aliphatic carbocycles. The summed E-state index contributed by atoms with van der Waals surface area (Å²) in [4.78, 5) is 0. The van der Waals surface area contributed by atoms with E-state index in [1.54, 1.807) is 6.07 Å². The van der Waals surface area contributed by atoms with Crippen LogP contribution in [0.25, 0.3) is 11.1 Å². The normalized spacial score (nSPS) is 22.5. The highest BCUT2D eigenvalue weighted by atomic mass is 19.4. The predicted octanol–water partition coefficient (Wildman–Crippen LogP) is 4.51. The van der Waals surface area contributed by atoms with Crippen molar-refractivity contribution in [3.63, 3.8) is 0 Å². The Morgan fingerprint density at radius 2 is 1.80 bits per heavy atom. The zero-order valence-electron chi connectivity index (χ0n) is 13.6. The second kappa shape index (κ2) is 6.26. The lowest BCUT2D eigenvalue weighted by molar-refractivity contribution is -0.274. The van der Waals surface area contributed by atoms with Gasteiger partial charge in [-0.3, -0.25) is 0 Å². The Balaban J connectivity index is 1.73. The topological polar surface area (TPSA) is 33.3 Å². The third-order valence-corrected chi connectivity index (χ3v) is 4.95. The fourth-order valence-corrected chi connectivity index (χ4v) is 3.96. The van der Waals surface area contributed by atoms with Crippen LogP contribution < -0.4 is 15.4 Å². The summed E-state index contributed by atoms with van der Waals surface area (Å²) in [5.41, 5.74) is 4.03. The van der Waals surface area contributed by atoms with E-state index in [0.717, 1.165) is 42.7 Å². The third kappa shape index (κ3) is 3.31. The highest BCUT2D eigenvalue weighted by Gasteiger charge is 2.35. The number of ether oxygens (including phenoxy) is 1. The first-order valence-electron chi connectivity index (χ1n) is 8.47. The Morgan fingerprint density at radius 3 is 2.64 bits per heavy atom. The van der Waals surface area contributed by atoms with Gasteiger partial charge in [-0.25, -0.2) is 0 Å². The van der Waals surface area contributed by atoms with Gasteiger partial charge in [-0.1, -0.05) is 24.3 Å². The van der Waals surface area contributed by atoms with Gasteiger partial charge in [0, 0.05) is 17.6 Å². The summed E-state index contributed by atoms with van der Waals surface area (Å²) >= 11 is 0. The SMILES string of the molecule is FC(F)(F)Oc1cccc(-c2cccc3c2[C@H]2CCNCC[C@@H]2N3)c1. The standard InChI is InChI=1S/C19H19F3N2O/c20-19(21,22)25-13-4-1-3-12(11-13)14-5-2-6-17-18(14)15-7-9-23-10-8-16(15)24-17/h1-6,11,15-16,23-24H,7-10H2/t15-,16-/m0/s1. The Hall–Kier alpha value is -2.21.